The molecule has 190 valence electrons. The number of fused-ring (bicyclic) bond motifs is 3. The first-order valence-electron chi connectivity index (χ1n) is 12.6. The van der Waals surface area contributed by atoms with Gasteiger partial charge < -0.3 is 29.9 Å². The SMILES string of the molecule is C=CCCCCC(=O)N(CC1CCCO1)C1C=C(C(=O)NCCO)C2c3ccccc3OC2C1O. The highest BCUT2D eigenvalue weighted by Crippen LogP contribution is 2.47. The summed E-state index contributed by atoms with van der Waals surface area (Å²) in [4.78, 5) is 28.3. The number of hydrogen-bond acceptors (Lipinski definition) is 6. The molecule has 4 rings (SSSR count). The molecule has 1 aromatic carbocycles. The molecular weight excluding hydrogens is 448 g/mol. The topological polar surface area (TPSA) is 108 Å². The maximum Gasteiger partial charge on any atom is 0.247 e. The summed E-state index contributed by atoms with van der Waals surface area (Å²) in [6.07, 6.45) is 6.32. The molecule has 1 saturated heterocycles. The minimum Gasteiger partial charge on any atom is -0.486 e. The van der Waals surface area contributed by atoms with Gasteiger partial charge in [0.15, 0.2) is 0 Å². The van der Waals surface area contributed by atoms with E-state index in [4.69, 9.17) is 9.47 Å². The number of nitrogens with zero attached hydrogens (tertiary/aromatic N) is 1. The molecule has 8 nitrogen and oxygen atoms in total. The number of para-hydroxylation sites is 1. The van der Waals surface area contributed by atoms with Crippen molar-refractivity contribution >= 4 is 11.8 Å². The third-order valence-electron chi connectivity index (χ3n) is 7.03. The number of carbonyl (C=O) groups is 2. The van der Waals surface area contributed by atoms with Gasteiger partial charge in [-0.25, -0.2) is 0 Å². The molecule has 2 amide bonds. The third kappa shape index (κ3) is 5.60. The Morgan fingerprint density at radius 2 is 2.09 bits per heavy atom. The highest BCUT2D eigenvalue weighted by molar-refractivity contribution is 5.96. The molecule has 0 aromatic heterocycles. The van der Waals surface area contributed by atoms with Crippen LogP contribution in [0.5, 0.6) is 5.75 Å². The Kier molecular flexibility index (Phi) is 8.59. The molecule has 0 bridgehead atoms. The van der Waals surface area contributed by atoms with E-state index in [0.29, 0.717) is 30.9 Å². The summed E-state index contributed by atoms with van der Waals surface area (Å²) >= 11 is 0. The van der Waals surface area contributed by atoms with Crippen molar-refractivity contribution in [3.63, 3.8) is 0 Å². The van der Waals surface area contributed by atoms with Crippen LogP contribution >= 0.6 is 0 Å². The van der Waals surface area contributed by atoms with Crippen LogP contribution < -0.4 is 10.1 Å². The second-order valence-electron chi connectivity index (χ2n) is 9.40. The van der Waals surface area contributed by atoms with Gasteiger partial charge in [0.2, 0.25) is 11.8 Å². The van der Waals surface area contributed by atoms with Crippen LogP contribution in [0.1, 0.15) is 50.0 Å². The molecule has 8 heteroatoms. The predicted octanol–water partition coefficient (Wildman–Crippen LogP) is 2.06. The number of allylic oxidation sites excluding steroid dienone is 1. The van der Waals surface area contributed by atoms with Crippen LogP contribution in [0.25, 0.3) is 0 Å². The Morgan fingerprint density at radius 3 is 2.83 bits per heavy atom. The maximum atomic E-state index is 13.4. The molecule has 35 heavy (non-hydrogen) atoms. The standard InChI is InChI=1S/C27H36N2O6/c1-2-3-4-5-12-23(31)29(17-18-9-8-15-34-18)21-16-20(27(33)28-13-14-30)24-19-10-6-7-11-22(19)35-26(24)25(21)32/h2,6-7,10-11,16,18,21,24-26,30,32H,1,3-5,8-9,12-15,17H2,(H,28,33). The lowest BCUT2D eigenvalue weighted by molar-refractivity contribution is -0.139. The van der Waals surface area contributed by atoms with Crippen molar-refractivity contribution in [2.45, 2.75) is 68.8 Å². The van der Waals surface area contributed by atoms with Crippen molar-refractivity contribution in [1.82, 2.24) is 10.2 Å². The van der Waals surface area contributed by atoms with Crippen molar-refractivity contribution in [1.29, 1.82) is 0 Å². The van der Waals surface area contributed by atoms with Gasteiger partial charge in [0.05, 0.1) is 24.7 Å². The number of aliphatic hydroxyl groups excluding tert-OH is 2. The zero-order valence-corrected chi connectivity index (χ0v) is 20.1. The van der Waals surface area contributed by atoms with Crippen LogP contribution in [0.3, 0.4) is 0 Å². The van der Waals surface area contributed by atoms with E-state index in [9.17, 15) is 19.8 Å². The minimum atomic E-state index is -1.01. The summed E-state index contributed by atoms with van der Waals surface area (Å²) in [7, 11) is 0. The Bertz CT molecular complexity index is 941. The van der Waals surface area contributed by atoms with Crippen LogP contribution in [0.4, 0.5) is 0 Å². The van der Waals surface area contributed by atoms with Crippen molar-refractivity contribution in [3.8, 4) is 5.75 Å². The Labute approximate surface area is 206 Å². The van der Waals surface area contributed by atoms with Gasteiger partial charge in [-0.05, 0) is 44.2 Å². The van der Waals surface area contributed by atoms with E-state index >= 15 is 0 Å². The molecule has 2 aliphatic heterocycles. The molecule has 0 saturated carbocycles. The summed E-state index contributed by atoms with van der Waals surface area (Å²) in [5.41, 5.74) is 1.28. The van der Waals surface area contributed by atoms with Gasteiger partial charge in [0.25, 0.3) is 0 Å². The molecule has 3 N–H and O–H groups in total. The fourth-order valence-corrected chi connectivity index (χ4v) is 5.30. The number of unbranched alkanes of at least 4 members (excludes halogenated alkanes) is 2. The number of rotatable bonds is 11. The molecular formula is C27H36N2O6. The highest BCUT2D eigenvalue weighted by atomic mass is 16.5. The van der Waals surface area contributed by atoms with E-state index in [0.717, 1.165) is 37.7 Å². The van der Waals surface area contributed by atoms with E-state index in [-0.39, 0.29) is 31.1 Å². The van der Waals surface area contributed by atoms with E-state index in [1.165, 1.54) is 0 Å². The quantitative estimate of drug-likeness (QED) is 0.328. The van der Waals surface area contributed by atoms with Gasteiger partial charge in [-0.3, -0.25) is 9.59 Å². The van der Waals surface area contributed by atoms with Crippen molar-refractivity contribution in [2.75, 3.05) is 26.3 Å². The number of aliphatic hydroxyl groups is 2. The number of amides is 2. The van der Waals surface area contributed by atoms with Crippen LogP contribution in [-0.4, -0.2) is 77.6 Å². The molecule has 1 aliphatic carbocycles. The molecule has 5 unspecified atom stereocenters. The van der Waals surface area contributed by atoms with Crippen LogP contribution in [-0.2, 0) is 14.3 Å². The van der Waals surface area contributed by atoms with Gasteiger partial charge in [-0.15, -0.1) is 6.58 Å². The van der Waals surface area contributed by atoms with E-state index < -0.39 is 24.2 Å². The van der Waals surface area contributed by atoms with E-state index in [2.05, 4.69) is 11.9 Å². The summed E-state index contributed by atoms with van der Waals surface area (Å²) in [6, 6.07) is 6.73. The Morgan fingerprint density at radius 1 is 1.26 bits per heavy atom. The number of carbonyl (C=O) groups excluding carboxylic acids is 2. The zero-order chi connectivity index (χ0) is 24.8. The van der Waals surface area contributed by atoms with Gasteiger partial charge in [0.1, 0.15) is 18.0 Å². The summed E-state index contributed by atoms with van der Waals surface area (Å²) in [6.45, 7) is 4.69. The fraction of sp³-hybridized carbons (Fsp3) is 0.556. The van der Waals surface area contributed by atoms with E-state index in [1.54, 1.807) is 11.0 Å². The summed E-state index contributed by atoms with van der Waals surface area (Å²) < 4.78 is 12.0. The van der Waals surface area contributed by atoms with Crippen LogP contribution in [0.15, 0.2) is 48.6 Å². The lowest BCUT2D eigenvalue weighted by atomic mass is 9.77. The van der Waals surface area contributed by atoms with Gasteiger partial charge in [-0.2, -0.15) is 0 Å². The monoisotopic (exact) mass is 484 g/mol. The highest BCUT2D eigenvalue weighted by Gasteiger charge is 2.50. The van der Waals surface area contributed by atoms with E-state index in [1.807, 2.05) is 30.3 Å². The Hall–Kier alpha value is -2.68. The lowest BCUT2D eigenvalue weighted by Crippen LogP contribution is -2.57. The number of ether oxygens (including phenoxy) is 2. The smallest absolute Gasteiger partial charge is 0.247 e. The van der Waals surface area contributed by atoms with Crippen molar-refractivity contribution in [2.24, 2.45) is 0 Å². The molecule has 0 radical (unpaired) electrons. The van der Waals surface area contributed by atoms with Gasteiger partial charge >= 0.3 is 0 Å². The number of nitrogens with one attached hydrogen (secondary N) is 1. The molecule has 2 heterocycles. The molecule has 0 spiro atoms. The lowest BCUT2D eigenvalue weighted by Gasteiger charge is -2.41. The van der Waals surface area contributed by atoms with Crippen LogP contribution in [0.2, 0.25) is 0 Å². The normalized spacial score (nSPS) is 26.8. The molecule has 1 aromatic rings. The zero-order valence-electron chi connectivity index (χ0n) is 20.1. The minimum absolute atomic E-state index is 0.0751. The predicted molar refractivity (Wildman–Crippen MR) is 131 cm³/mol. The van der Waals surface area contributed by atoms with Gasteiger partial charge in [-0.1, -0.05) is 24.3 Å². The number of hydrogen-bond donors (Lipinski definition) is 3. The largest absolute Gasteiger partial charge is 0.486 e. The molecule has 5 atom stereocenters. The average molecular weight is 485 g/mol. The fourth-order valence-electron chi connectivity index (χ4n) is 5.30. The summed E-state index contributed by atoms with van der Waals surface area (Å²) in [5, 5.41) is 23.5. The molecule has 3 aliphatic rings. The van der Waals surface area contributed by atoms with Crippen LogP contribution in [0, 0.1) is 0 Å². The van der Waals surface area contributed by atoms with Crippen molar-refractivity contribution in [3.05, 3.63) is 54.1 Å². The first kappa shape index (κ1) is 25.4. The average Bonchev–Trinajstić information content (AvgIpc) is 3.52. The maximum absolute atomic E-state index is 13.4. The van der Waals surface area contributed by atoms with Crippen molar-refractivity contribution < 1.29 is 29.3 Å². The number of benzene rings is 1. The summed E-state index contributed by atoms with van der Waals surface area (Å²) in [5.74, 6) is -0.233. The first-order valence-corrected chi connectivity index (χ1v) is 12.6. The second kappa shape index (κ2) is 11.8. The van der Waals surface area contributed by atoms with Gasteiger partial charge in [0, 0.05) is 37.3 Å². The Balaban J connectivity index is 1.66. The second-order valence-corrected chi connectivity index (χ2v) is 9.40. The first-order chi connectivity index (χ1) is 17.0. The molecule has 1 fully saturated rings. The third-order valence-corrected chi connectivity index (χ3v) is 7.03.